The van der Waals surface area contributed by atoms with Crippen molar-refractivity contribution in [1.29, 1.82) is 0 Å². The summed E-state index contributed by atoms with van der Waals surface area (Å²) in [5, 5.41) is 14.3. The van der Waals surface area contributed by atoms with Gasteiger partial charge in [-0.25, -0.2) is 0 Å². The van der Waals surface area contributed by atoms with Gasteiger partial charge < -0.3 is 23.8 Å². The highest BCUT2D eigenvalue weighted by Gasteiger charge is 2.24. The number of carbonyl (C=O) groups excluding carboxylic acids is 1. The van der Waals surface area contributed by atoms with Crippen LogP contribution in [0.3, 0.4) is 0 Å². The topological polar surface area (TPSA) is 91.0 Å². The quantitative estimate of drug-likeness (QED) is 0.711. The van der Waals surface area contributed by atoms with Gasteiger partial charge in [-0.3, -0.25) is 4.79 Å². The van der Waals surface area contributed by atoms with Crippen LogP contribution in [0.5, 0.6) is 11.5 Å². The first-order chi connectivity index (χ1) is 13.0. The smallest absolute Gasteiger partial charge is 0.310 e. The zero-order chi connectivity index (χ0) is 19.4. The molecule has 7 heteroatoms. The molecule has 1 N–H and O–H groups in total. The fraction of sp³-hybridized carbons (Fsp3) is 0.400. The Labute approximate surface area is 157 Å². The standard InChI is InChI=1S/C20H23NO6/c1-4-17(16(22)7-12(2)15-8-13(3)27-21-15)26-20(23)10-14-5-6-18-19(9-14)25-11-24-18/h5-6,8-9,16-17,22H,2,4,7,10-11H2,1,3H3. The molecule has 2 unspecified atom stereocenters. The lowest BCUT2D eigenvalue weighted by Gasteiger charge is -2.22. The average Bonchev–Trinajstić information content (AvgIpc) is 3.27. The molecule has 1 aromatic heterocycles. The molecule has 27 heavy (non-hydrogen) atoms. The molecule has 0 bridgehead atoms. The third-order valence-electron chi connectivity index (χ3n) is 4.35. The van der Waals surface area contributed by atoms with Gasteiger partial charge in [0, 0.05) is 12.5 Å². The summed E-state index contributed by atoms with van der Waals surface area (Å²) in [7, 11) is 0. The van der Waals surface area contributed by atoms with Crippen molar-refractivity contribution in [2.75, 3.05) is 6.79 Å². The molecule has 0 aliphatic carbocycles. The Morgan fingerprint density at radius 3 is 2.81 bits per heavy atom. The van der Waals surface area contributed by atoms with Crippen molar-refractivity contribution in [2.24, 2.45) is 0 Å². The molecule has 1 aliphatic heterocycles. The van der Waals surface area contributed by atoms with E-state index in [-0.39, 0.29) is 19.6 Å². The maximum atomic E-state index is 12.3. The van der Waals surface area contributed by atoms with Crippen LogP contribution in [-0.4, -0.2) is 35.2 Å². The second-order valence-corrected chi connectivity index (χ2v) is 6.50. The van der Waals surface area contributed by atoms with E-state index in [0.29, 0.717) is 34.9 Å². The Balaban J connectivity index is 1.55. The minimum Gasteiger partial charge on any atom is -0.459 e. The maximum absolute atomic E-state index is 12.3. The molecule has 144 valence electrons. The lowest BCUT2D eigenvalue weighted by atomic mass is 10.0. The summed E-state index contributed by atoms with van der Waals surface area (Å²) in [6.07, 6.45) is -0.694. The minimum atomic E-state index is -0.875. The van der Waals surface area contributed by atoms with E-state index in [0.717, 1.165) is 5.56 Å². The average molecular weight is 373 g/mol. The first kappa shape index (κ1) is 19.0. The van der Waals surface area contributed by atoms with Crippen molar-refractivity contribution in [3.05, 3.63) is 47.9 Å². The van der Waals surface area contributed by atoms with Gasteiger partial charge in [0.1, 0.15) is 17.6 Å². The van der Waals surface area contributed by atoms with Gasteiger partial charge in [0.05, 0.1) is 12.5 Å². The minimum absolute atomic E-state index is 0.0866. The lowest BCUT2D eigenvalue weighted by Crippen LogP contribution is -2.31. The van der Waals surface area contributed by atoms with Gasteiger partial charge in [-0.15, -0.1) is 0 Å². The first-order valence-electron chi connectivity index (χ1n) is 8.83. The van der Waals surface area contributed by atoms with Gasteiger partial charge in [0.25, 0.3) is 0 Å². The van der Waals surface area contributed by atoms with Crippen molar-refractivity contribution in [1.82, 2.24) is 5.16 Å². The molecule has 0 saturated heterocycles. The highest BCUT2D eigenvalue weighted by Crippen LogP contribution is 2.32. The summed E-state index contributed by atoms with van der Waals surface area (Å²) < 4.78 is 21.1. The number of aliphatic hydroxyl groups excluding tert-OH is 1. The molecular formula is C20H23NO6. The number of carbonyl (C=O) groups is 1. The summed E-state index contributed by atoms with van der Waals surface area (Å²) in [5.74, 6) is 1.53. The maximum Gasteiger partial charge on any atom is 0.310 e. The molecule has 0 amide bonds. The van der Waals surface area contributed by atoms with Gasteiger partial charge in [-0.2, -0.15) is 0 Å². The highest BCUT2D eigenvalue weighted by molar-refractivity contribution is 5.73. The van der Waals surface area contributed by atoms with Gasteiger partial charge >= 0.3 is 5.97 Å². The second kappa shape index (κ2) is 8.26. The van der Waals surface area contributed by atoms with Crippen LogP contribution in [0.25, 0.3) is 5.57 Å². The molecule has 2 heterocycles. The van der Waals surface area contributed by atoms with E-state index >= 15 is 0 Å². The van der Waals surface area contributed by atoms with E-state index in [2.05, 4.69) is 11.7 Å². The molecule has 0 fully saturated rings. The molecular weight excluding hydrogens is 350 g/mol. The number of rotatable bonds is 8. The SMILES string of the molecule is C=C(CC(O)C(CC)OC(=O)Cc1ccc2c(c1)OCO2)c1cc(C)on1. The molecule has 2 atom stereocenters. The van der Waals surface area contributed by atoms with Crippen LogP contribution < -0.4 is 9.47 Å². The number of hydrogen-bond donors (Lipinski definition) is 1. The van der Waals surface area contributed by atoms with Crippen molar-refractivity contribution >= 4 is 11.5 Å². The fourth-order valence-electron chi connectivity index (χ4n) is 2.88. The number of hydrogen-bond acceptors (Lipinski definition) is 7. The number of benzene rings is 1. The number of aromatic nitrogens is 1. The summed E-state index contributed by atoms with van der Waals surface area (Å²) >= 11 is 0. The third-order valence-corrected chi connectivity index (χ3v) is 4.35. The number of ether oxygens (including phenoxy) is 3. The summed E-state index contributed by atoms with van der Waals surface area (Å²) in [6, 6.07) is 7.07. The molecule has 2 aromatic rings. The van der Waals surface area contributed by atoms with E-state index in [1.807, 2.05) is 6.92 Å². The summed E-state index contributed by atoms with van der Waals surface area (Å²) in [4.78, 5) is 12.3. The molecule has 7 nitrogen and oxygen atoms in total. The number of esters is 1. The van der Waals surface area contributed by atoms with Crippen LogP contribution in [0.1, 0.15) is 36.8 Å². The lowest BCUT2D eigenvalue weighted by molar-refractivity contribution is -0.154. The predicted molar refractivity (Wildman–Crippen MR) is 97.3 cm³/mol. The Hall–Kier alpha value is -2.80. The van der Waals surface area contributed by atoms with Gasteiger partial charge in [-0.05, 0) is 36.6 Å². The molecule has 0 radical (unpaired) electrons. The van der Waals surface area contributed by atoms with Crippen LogP contribution in [-0.2, 0) is 16.0 Å². The number of nitrogens with zero attached hydrogens (tertiary/aromatic N) is 1. The Bertz CT molecular complexity index is 828. The number of aliphatic hydroxyl groups is 1. The molecule has 0 saturated carbocycles. The number of fused-ring (bicyclic) bond motifs is 1. The van der Waals surface area contributed by atoms with E-state index in [1.165, 1.54) is 0 Å². The Morgan fingerprint density at radius 2 is 2.11 bits per heavy atom. The molecule has 3 rings (SSSR count). The van der Waals surface area contributed by atoms with Gasteiger partial charge in [0.15, 0.2) is 11.5 Å². The first-order valence-corrected chi connectivity index (χ1v) is 8.83. The van der Waals surface area contributed by atoms with Crippen molar-refractivity contribution in [2.45, 2.75) is 45.3 Å². The van der Waals surface area contributed by atoms with Crippen molar-refractivity contribution in [3.8, 4) is 11.5 Å². The molecule has 0 spiro atoms. The fourth-order valence-corrected chi connectivity index (χ4v) is 2.88. The largest absolute Gasteiger partial charge is 0.459 e. The van der Waals surface area contributed by atoms with E-state index < -0.39 is 18.2 Å². The summed E-state index contributed by atoms with van der Waals surface area (Å²) in [6.45, 7) is 7.75. The van der Waals surface area contributed by atoms with Gasteiger partial charge in [-0.1, -0.05) is 24.7 Å². The Kier molecular flexibility index (Phi) is 5.81. The normalized spacial score (nSPS) is 14.6. The van der Waals surface area contributed by atoms with Crippen LogP contribution >= 0.6 is 0 Å². The Morgan fingerprint density at radius 1 is 1.33 bits per heavy atom. The van der Waals surface area contributed by atoms with Crippen molar-refractivity contribution in [3.63, 3.8) is 0 Å². The van der Waals surface area contributed by atoms with E-state index in [9.17, 15) is 9.90 Å². The zero-order valence-electron chi connectivity index (χ0n) is 15.4. The van der Waals surface area contributed by atoms with Crippen molar-refractivity contribution < 1.29 is 28.6 Å². The highest BCUT2D eigenvalue weighted by atomic mass is 16.7. The zero-order valence-corrected chi connectivity index (χ0v) is 15.4. The predicted octanol–water partition coefficient (Wildman–Crippen LogP) is 3.04. The molecule has 1 aromatic carbocycles. The van der Waals surface area contributed by atoms with E-state index in [4.69, 9.17) is 18.7 Å². The third kappa shape index (κ3) is 4.68. The monoisotopic (exact) mass is 373 g/mol. The van der Waals surface area contributed by atoms with E-state index in [1.54, 1.807) is 31.2 Å². The van der Waals surface area contributed by atoms with Crippen LogP contribution in [0.15, 0.2) is 35.4 Å². The van der Waals surface area contributed by atoms with Crippen LogP contribution in [0.2, 0.25) is 0 Å². The van der Waals surface area contributed by atoms with Crippen LogP contribution in [0.4, 0.5) is 0 Å². The number of aryl methyl sites for hydroxylation is 1. The molecule has 1 aliphatic rings. The second-order valence-electron chi connectivity index (χ2n) is 6.50. The van der Waals surface area contributed by atoms with Crippen LogP contribution in [0, 0.1) is 6.92 Å². The summed E-state index contributed by atoms with van der Waals surface area (Å²) in [5.41, 5.74) is 1.98. The van der Waals surface area contributed by atoms with Gasteiger partial charge in [0.2, 0.25) is 6.79 Å².